The minimum absolute atomic E-state index is 0. The second-order valence-corrected chi connectivity index (χ2v) is 4.46. The molecular formula is C14H22ClNO3. The molecule has 0 unspecified atom stereocenters. The van der Waals surface area contributed by atoms with Crippen LogP contribution in [-0.4, -0.2) is 49.5 Å². The van der Waals surface area contributed by atoms with E-state index in [-0.39, 0.29) is 19.0 Å². The third-order valence-electron chi connectivity index (χ3n) is 3.10. The molecule has 0 aromatic heterocycles. The predicted octanol–water partition coefficient (Wildman–Crippen LogP) is 1.70. The van der Waals surface area contributed by atoms with Crippen LogP contribution in [0.25, 0.3) is 0 Å². The lowest BCUT2D eigenvalue weighted by molar-refractivity contribution is 0.0358. The Hall–Kier alpha value is -0.810. The normalized spacial score (nSPS) is 15.8. The highest BCUT2D eigenvalue weighted by Crippen LogP contribution is 2.12. The number of nitrogens with zero attached hydrogens (tertiary/aromatic N) is 1. The Bertz CT molecular complexity index is 339. The first-order valence-corrected chi connectivity index (χ1v) is 6.51. The molecular weight excluding hydrogens is 266 g/mol. The van der Waals surface area contributed by atoms with Gasteiger partial charge in [0.1, 0.15) is 5.75 Å². The molecule has 0 amide bonds. The number of hydrogen-bond acceptors (Lipinski definition) is 4. The van der Waals surface area contributed by atoms with Crippen molar-refractivity contribution in [1.82, 2.24) is 4.90 Å². The maximum absolute atomic E-state index is 8.93. The molecule has 1 N–H and O–H groups in total. The van der Waals surface area contributed by atoms with E-state index in [1.807, 2.05) is 24.3 Å². The largest absolute Gasteiger partial charge is 0.494 e. The van der Waals surface area contributed by atoms with Crippen LogP contribution in [0, 0.1) is 0 Å². The maximum atomic E-state index is 8.93. The smallest absolute Gasteiger partial charge is 0.119 e. The third kappa shape index (κ3) is 5.78. The average molecular weight is 288 g/mol. The fraction of sp³-hybridized carbons (Fsp3) is 0.571. The Balaban J connectivity index is 0.00000180. The molecule has 19 heavy (non-hydrogen) atoms. The van der Waals surface area contributed by atoms with Crippen molar-refractivity contribution in [1.29, 1.82) is 0 Å². The quantitative estimate of drug-likeness (QED) is 0.809. The van der Waals surface area contributed by atoms with Crippen LogP contribution in [0.2, 0.25) is 0 Å². The molecule has 1 heterocycles. The van der Waals surface area contributed by atoms with Gasteiger partial charge in [-0.3, -0.25) is 4.90 Å². The highest BCUT2D eigenvalue weighted by molar-refractivity contribution is 5.85. The second kappa shape index (κ2) is 9.15. The zero-order valence-corrected chi connectivity index (χ0v) is 11.9. The second-order valence-electron chi connectivity index (χ2n) is 4.46. The summed E-state index contributed by atoms with van der Waals surface area (Å²) >= 11 is 0. The zero-order chi connectivity index (χ0) is 12.6. The van der Waals surface area contributed by atoms with Gasteiger partial charge in [0.05, 0.1) is 26.4 Å². The van der Waals surface area contributed by atoms with Crippen LogP contribution >= 0.6 is 12.4 Å². The SMILES string of the molecule is Cl.OCc1ccc(OCCCN2CCOCC2)cc1. The monoisotopic (exact) mass is 287 g/mol. The third-order valence-corrected chi connectivity index (χ3v) is 3.10. The number of rotatable bonds is 6. The number of morpholine rings is 1. The average Bonchev–Trinajstić information content (AvgIpc) is 2.45. The summed E-state index contributed by atoms with van der Waals surface area (Å²) in [4.78, 5) is 2.40. The van der Waals surface area contributed by atoms with E-state index in [0.29, 0.717) is 0 Å². The van der Waals surface area contributed by atoms with Crippen LogP contribution in [0.5, 0.6) is 5.75 Å². The van der Waals surface area contributed by atoms with Crippen molar-refractivity contribution in [3.8, 4) is 5.75 Å². The molecule has 1 fully saturated rings. The van der Waals surface area contributed by atoms with Crippen LogP contribution in [0.15, 0.2) is 24.3 Å². The minimum atomic E-state index is 0. The molecule has 0 spiro atoms. The van der Waals surface area contributed by atoms with E-state index in [2.05, 4.69) is 4.90 Å². The Morgan fingerprint density at radius 3 is 2.47 bits per heavy atom. The van der Waals surface area contributed by atoms with Gasteiger partial charge in [0.2, 0.25) is 0 Å². The summed E-state index contributed by atoms with van der Waals surface area (Å²) in [5.41, 5.74) is 0.913. The van der Waals surface area contributed by atoms with E-state index in [0.717, 1.165) is 57.2 Å². The van der Waals surface area contributed by atoms with E-state index in [1.54, 1.807) is 0 Å². The molecule has 4 nitrogen and oxygen atoms in total. The Morgan fingerprint density at radius 1 is 1.16 bits per heavy atom. The minimum Gasteiger partial charge on any atom is -0.494 e. The van der Waals surface area contributed by atoms with Crippen LogP contribution < -0.4 is 4.74 Å². The summed E-state index contributed by atoms with van der Waals surface area (Å²) in [6, 6.07) is 7.58. The van der Waals surface area contributed by atoms with Crippen molar-refractivity contribution in [2.45, 2.75) is 13.0 Å². The van der Waals surface area contributed by atoms with E-state index in [4.69, 9.17) is 14.6 Å². The Morgan fingerprint density at radius 2 is 1.84 bits per heavy atom. The highest BCUT2D eigenvalue weighted by atomic mass is 35.5. The Kier molecular flexibility index (Phi) is 7.82. The van der Waals surface area contributed by atoms with Crippen LogP contribution in [0.1, 0.15) is 12.0 Å². The van der Waals surface area contributed by atoms with Crippen molar-refractivity contribution in [3.05, 3.63) is 29.8 Å². The molecule has 0 radical (unpaired) electrons. The number of hydrogen-bond donors (Lipinski definition) is 1. The lowest BCUT2D eigenvalue weighted by Gasteiger charge is -2.26. The molecule has 0 saturated carbocycles. The van der Waals surface area contributed by atoms with E-state index in [1.165, 1.54) is 0 Å². The summed E-state index contributed by atoms with van der Waals surface area (Å²) in [5, 5.41) is 8.93. The molecule has 1 aromatic carbocycles. The molecule has 108 valence electrons. The molecule has 1 aromatic rings. The van der Waals surface area contributed by atoms with Gasteiger partial charge >= 0.3 is 0 Å². The first-order chi connectivity index (χ1) is 8.88. The van der Waals surface area contributed by atoms with Crippen molar-refractivity contribution in [2.24, 2.45) is 0 Å². The summed E-state index contributed by atoms with van der Waals surface area (Å²) in [6.45, 7) is 5.65. The summed E-state index contributed by atoms with van der Waals surface area (Å²) in [6.07, 6.45) is 1.03. The van der Waals surface area contributed by atoms with Gasteiger partial charge in [-0.1, -0.05) is 12.1 Å². The van der Waals surface area contributed by atoms with Crippen molar-refractivity contribution in [3.63, 3.8) is 0 Å². The van der Waals surface area contributed by atoms with Gasteiger partial charge in [0, 0.05) is 19.6 Å². The predicted molar refractivity (Wildman–Crippen MR) is 77.0 cm³/mol. The van der Waals surface area contributed by atoms with E-state index in [9.17, 15) is 0 Å². The lowest BCUT2D eigenvalue weighted by atomic mass is 10.2. The summed E-state index contributed by atoms with van der Waals surface area (Å²) in [5.74, 6) is 0.870. The Labute approximate surface area is 120 Å². The zero-order valence-electron chi connectivity index (χ0n) is 11.1. The number of ether oxygens (including phenoxy) is 2. The van der Waals surface area contributed by atoms with Crippen LogP contribution in [-0.2, 0) is 11.3 Å². The lowest BCUT2D eigenvalue weighted by Crippen LogP contribution is -2.37. The molecule has 2 rings (SSSR count). The fourth-order valence-electron chi connectivity index (χ4n) is 1.99. The molecule has 0 aliphatic carbocycles. The van der Waals surface area contributed by atoms with Crippen molar-refractivity contribution >= 4 is 12.4 Å². The van der Waals surface area contributed by atoms with Gasteiger partial charge in [-0.2, -0.15) is 0 Å². The summed E-state index contributed by atoms with van der Waals surface area (Å²) in [7, 11) is 0. The van der Waals surface area contributed by atoms with Crippen LogP contribution in [0.4, 0.5) is 0 Å². The van der Waals surface area contributed by atoms with Crippen molar-refractivity contribution < 1.29 is 14.6 Å². The highest BCUT2D eigenvalue weighted by Gasteiger charge is 2.09. The van der Waals surface area contributed by atoms with Gasteiger partial charge in [0.25, 0.3) is 0 Å². The number of aliphatic hydroxyl groups excluding tert-OH is 1. The van der Waals surface area contributed by atoms with Gasteiger partial charge in [0.15, 0.2) is 0 Å². The first kappa shape index (κ1) is 16.2. The standard InChI is InChI=1S/C14H21NO3.ClH/c16-12-13-2-4-14(5-3-13)18-9-1-6-15-7-10-17-11-8-15;/h2-5,16H,1,6-12H2;1H. The molecule has 0 atom stereocenters. The number of aliphatic hydroxyl groups is 1. The number of benzene rings is 1. The van der Waals surface area contributed by atoms with Crippen molar-refractivity contribution in [2.75, 3.05) is 39.5 Å². The maximum Gasteiger partial charge on any atom is 0.119 e. The van der Waals surface area contributed by atoms with Gasteiger partial charge in [-0.05, 0) is 24.1 Å². The topological polar surface area (TPSA) is 41.9 Å². The van der Waals surface area contributed by atoms with Gasteiger partial charge < -0.3 is 14.6 Å². The molecule has 1 aliphatic rings. The van der Waals surface area contributed by atoms with Gasteiger partial charge in [-0.25, -0.2) is 0 Å². The van der Waals surface area contributed by atoms with Crippen LogP contribution in [0.3, 0.4) is 0 Å². The molecule has 1 saturated heterocycles. The fourth-order valence-corrected chi connectivity index (χ4v) is 1.99. The van der Waals surface area contributed by atoms with E-state index < -0.39 is 0 Å². The molecule has 1 aliphatic heterocycles. The van der Waals surface area contributed by atoms with Gasteiger partial charge in [-0.15, -0.1) is 12.4 Å². The molecule has 0 bridgehead atoms. The van der Waals surface area contributed by atoms with E-state index >= 15 is 0 Å². The molecule has 5 heteroatoms. The first-order valence-electron chi connectivity index (χ1n) is 6.51. The summed E-state index contributed by atoms with van der Waals surface area (Å²) < 4.78 is 11.0. The number of halogens is 1.